The molecule has 122 valence electrons. The average Bonchev–Trinajstić information content (AvgIpc) is 2.46. The Hall–Kier alpha value is -1.93. The molecule has 0 aliphatic rings. The van der Waals surface area contributed by atoms with Crippen LogP contribution in [0, 0.1) is 0 Å². The summed E-state index contributed by atoms with van der Waals surface area (Å²) in [4.78, 5) is 23.1. The number of carbonyl (C=O) groups excluding carboxylic acids is 2. The van der Waals surface area contributed by atoms with E-state index in [-0.39, 0.29) is 17.5 Å². The smallest absolute Gasteiger partial charge is 0.309 e. The van der Waals surface area contributed by atoms with Gasteiger partial charge in [-0.15, -0.1) is 0 Å². The normalized spacial score (nSPS) is 12.5. The molecule has 0 fully saturated rings. The molecule has 0 saturated carbocycles. The van der Waals surface area contributed by atoms with Gasteiger partial charge in [0.15, 0.2) is 0 Å². The van der Waals surface area contributed by atoms with Crippen LogP contribution >= 0.6 is 0 Å². The number of carbonyl (C=O) groups is 2. The Morgan fingerprint density at radius 3 is 2.27 bits per heavy atom. The summed E-state index contributed by atoms with van der Waals surface area (Å²) >= 11 is 0. The predicted octanol–water partition coefficient (Wildman–Crippen LogP) is -0.0926. The molecule has 0 radical (unpaired) electrons. The van der Waals surface area contributed by atoms with Crippen LogP contribution in [-0.2, 0) is 26.0 Å². The van der Waals surface area contributed by atoms with Crippen LogP contribution in [0.25, 0.3) is 0 Å². The van der Waals surface area contributed by atoms with Gasteiger partial charge in [0.1, 0.15) is 0 Å². The van der Waals surface area contributed by atoms with E-state index in [1.165, 1.54) is 12.1 Å². The molecule has 1 atom stereocenters. The largest absolute Gasteiger partial charge is 0.348 e. The molecule has 0 spiro atoms. The highest BCUT2D eigenvalue weighted by atomic mass is 32.2. The van der Waals surface area contributed by atoms with Crippen LogP contribution in [0.3, 0.4) is 0 Å². The van der Waals surface area contributed by atoms with Crippen molar-refractivity contribution in [1.82, 2.24) is 10.6 Å². The van der Waals surface area contributed by atoms with Gasteiger partial charge < -0.3 is 10.6 Å². The molecule has 0 aliphatic heterocycles. The van der Waals surface area contributed by atoms with Crippen LogP contribution in [0.1, 0.15) is 25.8 Å². The molecule has 1 unspecified atom stereocenters. The van der Waals surface area contributed by atoms with E-state index in [1.54, 1.807) is 12.1 Å². The van der Waals surface area contributed by atoms with Gasteiger partial charge in [-0.25, -0.2) is 13.6 Å². The first-order valence-electron chi connectivity index (χ1n) is 6.94. The fraction of sp³-hybridized carbons (Fsp3) is 0.429. The number of rotatable bonds is 6. The number of amides is 2. The fourth-order valence-corrected chi connectivity index (χ4v) is 2.15. The first-order chi connectivity index (χ1) is 10.2. The summed E-state index contributed by atoms with van der Waals surface area (Å²) in [6.45, 7) is 4.01. The Labute approximate surface area is 130 Å². The maximum atomic E-state index is 11.6. The van der Waals surface area contributed by atoms with Crippen molar-refractivity contribution in [2.45, 2.75) is 37.6 Å². The van der Waals surface area contributed by atoms with Crippen molar-refractivity contribution in [2.24, 2.45) is 5.14 Å². The monoisotopic (exact) mass is 327 g/mol. The van der Waals surface area contributed by atoms with Crippen LogP contribution in [0.4, 0.5) is 0 Å². The number of primary sulfonamides is 1. The highest BCUT2D eigenvalue weighted by molar-refractivity contribution is 7.89. The summed E-state index contributed by atoms with van der Waals surface area (Å²) < 4.78 is 22.2. The second kappa shape index (κ2) is 7.90. The van der Waals surface area contributed by atoms with Crippen molar-refractivity contribution in [3.05, 3.63) is 29.8 Å². The molecule has 0 aromatic heterocycles. The van der Waals surface area contributed by atoms with Crippen LogP contribution in [0.2, 0.25) is 0 Å². The van der Waals surface area contributed by atoms with Crippen LogP contribution in [0.15, 0.2) is 29.2 Å². The number of hydrogen-bond acceptors (Lipinski definition) is 4. The van der Waals surface area contributed by atoms with E-state index in [0.717, 1.165) is 12.0 Å². The third-order valence-electron chi connectivity index (χ3n) is 3.15. The van der Waals surface area contributed by atoms with Crippen LogP contribution < -0.4 is 15.8 Å². The van der Waals surface area contributed by atoms with Crippen molar-refractivity contribution in [2.75, 3.05) is 6.54 Å². The van der Waals surface area contributed by atoms with Gasteiger partial charge in [-0.05, 0) is 37.5 Å². The van der Waals surface area contributed by atoms with E-state index < -0.39 is 21.8 Å². The Kier molecular flexibility index (Phi) is 6.51. The Bertz CT molecular complexity index is 626. The van der Waals surface area contributed by atoms with Gasteiger partial charge in [0, 0.05) is 12.6 Å². The average molecular weight is 327 g/mol. The van der Waals surface area contributed by atoms with Crippen molar-refractivity contribution in [1.29, 1.82) is 0 Å². The molecule has 0 bridgehead atoms. The molecule has 0 saturated heterocycles. The summed E-state index contributed by atoms with van der Waals surface area (Å²) in [5.41, 5.74) is 0.829. The van der Waals surface area contributed by atoms with E-state index in [4.69, 9.17) is 5.14 Å². The second-order valence-corrected chi connectivity index (χ2v) is 6.54. The van der Waals surface area contributed by atoms with Gasteiger partial charge in [0.05, 0.1) is 4.90 Å². The maximum Gasteiger partial charge on any atom is 0.309 e. The molecule has 1 aromatic carbocycles. The highest BCUT2D eigenvalue weighted by Crippen LogP contribution is 2.08. The third-order valence-corrected chi connectivity index (χ3v) is 4.08. The van der Waals surface area contributed by atoms with Gasteiger partial charge in [-0.1, -0.05) is 19.1 Å². The van der Waals surface area contributed by atoms with Gasteiger partial charge in [-0.2, -0.15) is 0 Å². The Balaban J connectivity index is 2.44. The van der Waals surface area contributed by atoms with Crippen LogP contribution in [0.5, 0.6) is 0 Å². The molecule has 0 aliphatic carbocycles. The van der Waals surface area contributed by atoms with Crippen molar-refractivity contribution < 1.29 is 18.0 Å². The second-order valence-electron chi connectivity index (χ2n) is 4.98. The minimum atomic E-state index is -3.70. The summed E-state index contributed by atoms with van der Waals surface area (Å²) in [6, 6.07) is 5.99. The Morgan fingerprint density at radius 2 is 1.77 bits per heavy atom. The predicted molar refractivity (Wildman–Crippen MR) is 82.4 cm³/mol. The molecule has 8 heteroatoms. The van der Waals surface area contributed by atoms with E-state index in [1.807, 2.05) is 13.8 Å². The van der Waals surface area contributed by atoms with E-state index in [9.17, 15) is 18.0 Å². The van der Waals surface area contributed by atoms with Gasteiger partial charge in [0.2, 0.25) is 10.0 Å². The minimum Gasteiger partial charge on any atom is -0.348 e. The molecular weight excluding hydrogens is 306 g/mol. The molecular formula is C14H21N3O4S. The maximum absolute atomic E-state index is 11.6. The van der Waals surface area contributed by atoms with E-state index in [2.05, 4.69) is 10.6 Å². The molecule has 0 heterocycles. The number of sulfonamides is 1. The molecule has 2 amide bonds. The SMILES string of the molecule is CCC(C)NC(=O)C(=O)NCCc1ccc(S(N)(=O)=O)cc1. The summed E-state index contributed by atoms with van der Waals surface area (Å²) in [5.74, 6) is -1.33. The van der Waals surface area contributed by atoms with Crippen molar-refractivity contribution in [3.8, 4) is 0 Å². The van der Waals surface area contributed by atoms with Crippen molar-refractivity contribution in [3.63, 3.8) is 0 Å². The number of benzene rings is 1. The number of nitrogens with one attached hydrogen (secondary N) is 2. The lowest BCUT2D eigenvalue weighted by molar-refractivity contribution is -0.139. The lowest BCUT2D eigenvalue weighted by Crippen LogP contribution is -2.43. The van der Waals surface area contributed by atoms with Crippen LogP contribution in [-0.4, -0.2) is 32.8 Å². The minimum absolute atomic E-state index is 0.0354. The first kappa shape index (κ1) is 18.1. The zero-order valence-electron chi connectivity index (χ0n) is 12.6. The van der Waals surface area contributed by atoms with E-state index in [0.29, 0.717) is 6.42 Å². The standard InChI is InChI=1S/C14H21N3O4S/c1-3-10(2)17-14(19)13(18)16-9-8-11-4-6-12(7-5-11)22(15,20)21/h4-7,10H,3,8-9H2,1-2H3,(H,16,18)(H,17,19)(H2,15,20,21). The topological polar surface area (TPSA) is 118 Å². The quantitative estimate of drug-likeness (QED) is 0.633. The third kappa shape index (κ3) is 5.82. The first-order valence-corrected chi connectivity index (χ1v) is 8.49. The molecule has 4 N–H and O–H groups in total. The lowest BCUT2D eigenvalue weighted by atomic mass is 10.1. The van der Waals surface area contributed by atoms with Gasteiger partial charge >= 0.3 is 11.8 Å². The van der Waals surface area contributed by atoms with Gasteiger partial charge in [-0.3, -0.25) is 9.59 Å². The van der Waals surface area contributed by atoms with E-state index >= 15 is 0 Å². The molecule has 22 heavy (non-hydrogen) atoms. The molecule has 7 nitrogen and oxygen atoms in total. The van der Waals surface area contributed by atoms with Crippen molar-refractivity contribution >= 4 is 21.8 Å². The zero-order valence-corrected chi connectivity index (χ0v) is 13.4. The lowest BCUT2D eigenvalue weighted by Gasteiger charge is -2.11. The molecule has 1 rings (SSSR count). The number of nitrogens with two attached hydrogens (primary N) is 1. The zero-order chi connectivity index (χ0) is 16.8. The van der Waals surface area contributed by atoms with Gasteiger partial charge in [0.25, 0.3) is 0 Å². The number of hydrogen-bond donors (Lipinski definition) is 3. The summed E-state index contributed by atoms with van der Waals surface area (Å²) in [6.07, 6.45) is 1.22. The Morgan fingerprint density at radius 1 is 1.18 bits per heavy atom. The molecule has 1 aromatic rings. The summed E-state index contributed by atoms with van der Waals surface area (Å²) in [5, 5.41) is 10.1. The summed E-state index contributed by atoms with van der Waals surface area (Å²) in [7, 11) is -3.70. The highest BCUT2D eigenvalue weighted by Gasteiger charge is 2.14. The fourth-order valence-electron chi connectivity index (χ4n) is 1.64.